The van der Waals surface area contributed by atoms with Crippen molar-refractivity contribution in [3.05, 3.63) is 65.7 Å². The predicted molar refractivity (Wildman–Crippen MR) is 130 cm³/mol. The van der Waals surface area contributed by atoms with E-state index in [0.29, 0.717) is 37.3 Å². The third-order valence-corrected chi connectivity index (χ3v) is 7.00. The summed E-state index contributed by atoms with van der Waals surface area (Å²) in [5, 5.41) is 2.83. The van der Waals surface area contributed by atoms with Crippen LogP contribution in [0.2, 0.25) is 0 Å². The van der Waals surface area contributed by atoms with Crippen LogP contribution in [0.1, 0.15) is 56.6 Å². The van der Waals surface area contributed by atoms with Crippen LogP contribution >= 0.6 is 0 Å². The standard InChI is InChI=1S/C25H31N3O5S/c1-18(20-11-5-3-6-12-20)17-27-25(30)19(2)33-23(29)15-7-4-10-16-26-24-21-13-8-9-14-22(21)34(31,32)28-24/h3,5-6,8-9,11-14,18-19H,4,7,10,15-17H2,1-2H3,(H,26,28)(H,27,30). The maximum absolute atomic E-state index is 12.2. The normalized spacial score (nSPS) is 16.8. The molecule has 8 nitrogen and oxygen atoms in total. The van der Waals surface area contributed by atoms with Gasteiger partial charge in [-0.1, -0.05) is 55.8 Å². The number of aliphatic imine (C=N–C) groups is 1. The Morgan fingerprint density at radius 2 is 1.71 bits per heavy atom. The maximum atomic E-state index is 12.2. The highest BCUT2D eigenvalue weighted by molar-refractivity contribution is 7.90. The fourth-order valence-electron chi connectivity index (χ4n) is 3.61. The van der Waals surface area contributed by atoms with Crippen LogP contribution in [0, 0.1) is 0 Å². The molecule has 0 fully saturated rings. The summed E-state index contributed by atoms with van der Waals surface area (Å²) in [7, 11) is -3.53. The van der Waals surface area contributed by atoms with Crippen LogP contribution < -0.4 is 10.0 Å². The van der Waals surface area contributed by atoms with Gasteiger partial charge in [-0.3, -0.25) is 19.3 Å². The van der Waals surface area contributed by atoms with Gasteiger partial charge in [-0.2, -0.15) is 0 Å². The average Bonchev–Trinajstić information content (AvgIpc) is 3.10. The van der Waals surface area contributed by atoms with Gasteiger partial charge in [0.15, 0.2) is 6.10 Å². The van der Waals surface area contributed by atoms with Crippen LogP contribution in [0.5, 0.6) is 0 Å². The zero-order chi connectivity index (χ0) is 24.6. The van der Waals surface area contributed by atoms with E-state index in [1.54, 1.807) is 31.2 Å². The summed E-state index contributed by atoms with van der Waals surface area (Å²) in [6.45, 7) is 4.50. The highest BCUT2D eigenvalue weighted by atomic mass is 32.2. The summed E-state index contributed by atoms with van der Waals surface area (Å²) in [5.41, 5.74) is 1.71. The quantitative estimate of drug-likeness (QED) is 0.375. The Hall–Kier alpha value is -3.20. The molecule has 0 saturated carbocycles. The molecule has 1 aliphatic rings. The van der Waals surface area contributed by atoms with Crippen LogP contribution in [0.25, 0.3) is 0 Å². The number of carbonyl (C=O) groups is 2. The Bertz CT molecular complexity index is 1130. The predicted octanol–water partition coefficient (Wildman–Crippen LogP) is 3.14. The van der Waals surface area contributed by atoms with Crippen molar-refractivity contribution in [2.24, 2.45) is 4.99 Å². The number of nitrogens with one attached hydrogen (secondary N) is 2. The Morgan fingerprint density at radius 3 is 2.47 bits per heavy atom. The van der Waals surface area contributed by atoms with Gasteiger partial charge in [0.05, 0.1) is 4.90 Å². The number of rotatable bonds is 11. The lowest BCUT2D eigenvalue weighted by Gasteiger charge is -2.16. The monoisotopic (exact) mass is 485 g/mol. The zero-order valence-electron chi connectivity index (χ0n) is 19.5. The van der Waals surface area contributed by atoms with Crippen LogP contribution in [0.4, 0.5) is 0 Å². The molecule has 2 aromatic rings. The highest BCUT2D eigenvalue weighted by Gasteiger charge is 2.29. The van der Waals surface area contributed by atoms with Crippen LogP contribution in [0.15, 0.2) is 64.5 Å². The Balaban J connectivity index is 1.32. The van der Waals surface area contributed by atoms with Crippen LogP contribution in [0.3, 0.4) is 0 Å². The molecule has 2 aromatic carbocycles. The maximum Gasteiger partial charge on any atom is 0.306 e. The molecule has 0 bridgehead atoms. The van der Waals surface area contributed by atoms with Gasteiger partial charge in [-0.25, -0.2) is 8.42 Å². The number of nitrogens with zero attached hydrogens (tertiary/aromatic N) is 1. The number of amides is 1. The molecule has 2 N–H and O–H groups in total. The Kier molecular flexibility index (Phi) is 8.81. The first-order valence-corrected chi connectivity index (χ1v) is 12.9. The lowest BCUT2D eigenvalue weighted by atomic mass is 10.0. The molecule has 0 saturated heterocycles. The SMILES string of the molecule is CC(OC(=O)CCCCCN=C1NS(=O)(=O)c2ccccc21)C(=O)NCC(C)c1ccccc1. The molecule has 3 rings (SSSR count). The fraction of sp³-hybridized carbons (Fsp3) is 0.400. The summed E-state index contributed by atoms with van der Waals surface area (Å²) in [6, 6.07) is 16.6. The summed E-state index contributed by atoms with van der Waals surface area (Å²) in [4.78, 5) is 28.9. The smallest absolute Gasteiger partial charge is 0.306 e. The first-order valence-electron chi connectivity index (χ1n) is 11.5. The summed E-state index contributed by atoms with van der Waals surface area (Å²) < 4.78 is 31.9. The van der Waals surface area contributed by atoms with Gasteiger partial charge in [0.1, 0.15) is 5.84 Å². The second-order valence-electron chi connectivity index (χ2n) is 8.33. The first-order chi connectivity index (χ1) is 16.3. The van der Waals surface area contributed by atoms with Crippen molar-refractivity contribution in [2.75, 3.05) is 13.1 Å². The van der Waals surface area contributed by atoms with Crippen molar-refractivity contribution in [3.8, 4) is 0 Å². The topological polar surface area (TPSA) is 114 Å². The van der Waals surface area contributed by atoms with E-state index in [0.717, 1.165) is 12.0 Å². The molecule has 2 atom stereocenters. The van der Waals surface area contributed by atoms with Gasteiger partial charge in [-0.05, 0) is 43.4 Å². The van der Waals surface area contributed by atoms with Crippen LogP contribution in [-0.2, 0) is 24.3 Å². The van der Waals surface area contributed by atoms with Crippen LogP contribution in [-0.4, -0.2) is 45.3 Å². The number of benzene rings is 2. The van der Waals surface area contributed by atoms with E-state index < -0.39 is 22.1 Å². The van der Waals surface area contributed by atoms with Crippen molar-refractivity contribution < 1.29 is 22.7 Å². The first kappa shape index (κ1) is 25.4. The number of amidine groups is 1. The lowest BCUT2D eigenvalue weighted by molar-refractivity contribution is -0.154. The van der Waals surface area contributed by atoms with Gasteiger partial charge in [0.2, 0.25) is 0 Å². The fourth-order valence-corrected chi connectivity index (χ4v) is 4.86. The number of carbonyl (C=O) groups excluding carboxylic acids is 2. The number of sulfonamides is 1. The molecule has 9 heteroatoms. The number of unbranched alkanes of at least 4 members (excludes halogenated alkanes) is 2. The molecule has 2 unspecified atom stereocenters. The molecule has 0 spiro atoms. The number of ether oxygens (including phenoxy) is 1. The Labute approximate surface area is 200 Å². The summed E-state index contributed by atoms with van der Waals surface area (Å²) in [6.07, 6.45) is 1.40. The molecular formula is C25H31N3O5S. The largest absolute Gasteiger partial charge is 0.453 e. The summed E-state index contributed by atoms with van der Waals surface area (Å²) >= 11 is 0. The van der Waals surface area contributed by atoms with E-state index in [4.69, 9.17) is 4.74 Å². The number of hydrogen-bond acceptors (Lipinski definition) is 6. The molecule has 0 aromatic heterocycles. The molecular weight excluding hydrogens is 454 g/mol. The highest BCUT2D eigenvalue weighted by Crippen LogP contribution is 2.22. The average molecular weight is 486 g/mol. The van der Waals surface area contributed by atoms with Gasteiger partial charge in [0.25, 0.3) is 15.9 Å². The van der Waals surface area contributed by atoms with Gasteiger partial charge in [0, 0.05) is 25.1 Å². The number of esters is 1. The molecule has 34 heavy (non-hydrogen) atoms. The van der Waals surface area contributed by atoms with E-state index in [1.165, 1.54) is 0 Å². The lowest BCUT2D eigenvalue weighted by Crippen LogP contribution is -2.37. The number of hydrogen-bond donors (Lipinski definition) is 2. The van der Waals surface area contributed by atoms with Crippen molar-refractivity contribution in [1.29, 1.82) is 0 Å². The van der Waals surface area contributed by atoms with E-state index in [1.807, 2.05) is 37.3 Å². The minimum Gasteiger partial charge on any atom is -0.453 e. The van der Waals surface area contributed by atoms with E-state index in [-0.39, 0.29) is 23.1 Å². The second-order valence-corrected chi connectivity index (χ2v) is 9.98. The molecule has 1 heterocycles. The number of fused-ring (bicyclic) bond motifs is 1. The van der Waals surface area contributed by atoms with Crippen molar-refractivity contribution in [3.63, 3.8) is 0 Å². The third kappa shape index (κ3) is 6.90. The minimum atomic E-state index is -3.53. The Morgan fingerprint density at radius 1 is 1.00 bits per heavy atom. The van der Waals surface area contributed by atoms with Crippen molar-refractivity contribution in [1.82, 2.24) is 10.0 Å². The van der Waals surface area contributed by atoms with E-state index >= 15 is 0 Å². The molecule has 0 radical (unpaired) electrons. The third-order valence-electron chi connectivity index (χ3n) is 5.60. The zero-order valence-corrected chi connectivity index (χ0v) is 20.3. The van der Waals surface area contributed by atoms with E-state index in [9.17, 15) is 18.0 Å². The second kappa shape index (κ2) is 11.8. The molecule has 0 aliphatic carbocycles. The van der Waals surface area contributed by atoms with Gasteiger partial charge >= 0.3 is 5.97 Å². The van der Waals surface area contributed by atoms with Crippen molar-refractivity contribution in [2.45, 2.75) is 56.4 Å². The minimum absolute atomic E-state index is 0.157. The van der Waals surface area contributed by atoms with E-state index in [2.05, 4.69) is 15.0 Å². The summed E-state index contributed by atoms with van der Waals surface area (Å²) in [5.74, 6) is -0.213. The van der Waals surface area contributed by atoms with Gasteiger partial charge < -0.3 is 10.1 Å². The van der Waals surface area contributed by atoms with Gasteiger partial charge in [-0.15, -0.1) is 0 Å². The molecule has 1 aliphatic heterocycles. The molecule has 182 valence electrons. The molecule has 1 amide bonds. The van der Waals surface area contributed by atoms with Crippen molar-refractivity contribution >= 4 is 27.7 Å².